The van der Waals surface area contributed by atoms with E-state index >= 15 is 0 Å². The van der Waals surface area contributed by atoms with E-state index < -0.39 is 5.62 Å². The molecule has 1 unspecified atom stereocenters. The molecule has 0 aliphatic carbocycles. The van der Waals surface area contributed by atoms with Crippen LogP contribution in [0.5, 0.6) is 0 Å². The van der Waals surface area contributed by atoms with Crippen LogP contribution >= 0.6 is 0 Å². The minimum atomic E-state index is -1.74. The summed E-state index contributed by atoms with van der Waals surface area (Å²) in [6.07, 6.45) is 1.00. The van der Waals surface area contributed by atoms with E-state index in [1.807, 2.05) is 46.8 Å². The number of fused-ring (bicyclic) bond motifs is 1. The molecule has 1 aliphatic rings. The highest BCUT2D eigenvalue weighted by molar-refractivity contribution is 6.16. The van der Waals surface area contributed by atoms with Crippen molar-refractivity contribution >= 4 is 25.1 Å². The predicted molar refractivity (Wildman–Crippen MR) is 116 cm³/mol. The molecule has 2 aromatic carbocycles. The largest absolute Gasteiger partial charge is 0.376 e. The molecule has 6 heteroatoms. The highest BCUT2D eigenvalue weighted by Crippen LogP contribution is 2.37. The van der Waals surface area contributed by atoms with Crippen molar-refractivity contribution in [2.24, 2.45) is 5.41 Å². The zero-order chi connectivity index (χ0) is 21.6. The summed E-state index contributed by atoms with van der Waals surface area (Å²) in [4.78, 5) is 14.1. The smallest absolute Gasteiger partial charge is 0.224 e. The molecule has 1 amide bonds. The minimum absolute atomic E-state index is 0.0271. The zero-order valence-electron chi connectivity index (χ0n) is 17.8. The second-order valence-corrected chi connectivity index (χ2v) is 9.17. The maximum atomic E-state index is 13.6. The number of rotatable bonds is 3. The van der Waals surface area contributed by atoms with E-state index in [1.165, 1.54) is 18.2 Å². The van der Waals surface area contributed by atoms with Gasteiger partial charge in [0.2, 0.25) is 5.91 Å². The number of aliphatic hydroxyl groups is 1. The number of nitrogens with one attached hydrogen (secondary N) is 1. The van der Waals surface area contributed by atoms with Gasteiger partial charge in [0.15, 0.2) is 7.85 Å². The van der Waals surface area contributed by atoms with Gasteiger partial charge in [0.05, 0.1) is 0 Å². The number of amides is 1. The van der Waals surface area contributed by atoms with Crippen molar-refractivity contribution in [3.8, 4) is 0 Å². The number of hydrogen-bond donors (Lipinski definition) is 2. The lowest BCUT2D eigenvalue weighted by Gasteiger charge is -2.45. The Hall–Kier alpha value is -2.34. The number of hydrogen-bond acceptors (Lipinski definition) is 3. The fraction of sp³-hybridized carbons (Fsp3) is 0.435. The topological polar surface area (TPSA) is 52.6 Å². The monoisotopic (exact) mass is 394 g/mol. The van der Waals surface area contributed by atoms with Gasteiger partial charge < -0.3 is 15.3 Å². The molecular formula is C23H28BFN2O2. The molecule has 0 spiro atoms. The van der Waals surface area contributed by atoms with E-state index in [9.17, 15) is 14.3 Å². The van der Waals surface area contributed by atoms with Gasteiger partial charge in [-0.1, -0.05) is 26.8 Å². The first kappa shape index (κ1) is 21.4. The first-order chi connectivity index (χ1) is 13.4. The van der Waals surface area contributed by atoms with Gasteiger partial charge in [-0.2, -0.15) is 0 Å². The summed E-state index contributed by atoms with van der Waals surface area (Å²) in [5, 5.41) is 14.1. The summed E-state index contributed by atoms with van der Waals surface area (Å²) < 4.78 is 13.6. The molecule has 4 nitrogen and oxygen atoms in total. The molecule has 0 bridgehead atoms. The Morgan fingerprint density at radius 3 is 2.45 bits per heavy atom. The molecule has 0 fully saturated rings. The van der Waals surface area contributed by atoms with E-state index in [0.29, 0.717) is 30.5 Å². The Morgan fingerprint density at radius 2 is 1.86 bits per heavy atom. The number of carbonyl (C=O) groups is 1. The van der Waals surface area contributed by atoms with Gasteiger partial charge in [0, 0.05) is 24.3 Å². The fourth-order valence-electron chi connectivity index (χ4n) is 3.96. The van der Waals surface area contributed by atoms with Gasteiger partial charge in [0.25, 0.3) is 0 Å². The number of aryl methyl sites for hydroxylation is 2. The molecule has 0 saturated heterocycles. The lowest BCUT2D eigenvalue weighted by atomic mass is 9.76. The SMILES string of the molecule is [B]C1(O)c2ccc(F)cc2CCN1c1cc(C)c(NC(=O)CC(C)(C)C)c(C)c1. The number of halogens is 1. The van der Waals surface area contributed by atoms with Gasteiger partial charge in [-0.05, 0) is 72.2 Å². The van der Waals surface area contributed by atoms with Crippen LogP contribution in [0.3, 0.4) is 0 Å². The number of anilines is 2. The Labute approximate surface area is 173 Å². The molecule has 1 atom stereocenters. The van der Waals surface area contributed by atoms with E-state index in [1.54, 1.807) is 4.90 Å². The molecule has 0 saturated carbocycles. The zero-order valence-corrected chi connectivity index (χ0v) is 17.8. The lowest BCUT2D eigenvalue weighted by Crippen LogP contribution is -2.51. The highest BCUT2D eigenvalue weighted by Gasteiger charge is 2.36. The fourth-order valence-corrected chi connectivity index (χ4v) is 3.96. The van der Waals surface area contributed by atoms with Crippen molar-refractivity contribution in [3.63, 3.8) is 0 Å². The van der Waals surface area contributed by atoms with E-state index in [0.717, 1.165) is 22.5 Å². The van der Waals surface area contributed by atoms with Gasteiger partial charge in [-0.15, -0.1) is 0 Å². The Balaban J connectivity index is 1.91. The molecule has 2 radical (unpaired) electrons. The first-order valence-electron chi connectivity index (χ1n) is 9.87. The molecule has 1 heterocycles. The lowest BCUT2D eigenvalue weighted by molar-refractivity contribution is -0.117. The van der Waals surface area contributed by atoms with Crippen molar-refractivity contribution in [1.82, 2.24) is 0 Å². The van der Waals surface area contributed by atoms with Gasteiger partial charge in [-0.3, -0.25) is 4.79 Å². The molecule has 3 rings (SSSR count). The van der Waals surface area contributed by atoms with Crippen molar-refractivity contribution in [1.29, 1.82) is 0 Å². The average Bonchev–Trinajstić information content (AvgIpc) is 2.56. The summed E-state index contributed by atoms with van der Waals surface area (Å²) in [5.74, 6) is -0.365. The van der Waals surface area contributed by atoms with Crippen LogP contribution in [0.25, 0.3) is 0 Å². The normalized spacial score (nSPS) is 19.1. The van der Waals surface area contributed by atoms with Crippen LogP contribution in [0.4, 0.5) is 15.8 Å². The van der Waals surface area contributed by atoms with E-state index in [4.69, 9.17) is 7.85 Å². The van der Waals surface area contributed by atoms with Crippen molar-refractivity contribution in [2.75, 3.05) is 16.8 Å². The maximum absolute atomic E-state index is 13.6. The third-order valence-corrected chi connectivity index (χ3v) is 5.26. The molecule has 152 valence electrons. The summed E-state index contributed by atoms with van der Waals surface area (Å²) >= 11 is 0. The van der Waals surface area contributed by atoms with Gasteiger partial charge >= 0.3 is 0 Å². The Kier molecular flexibility index (Phi) is 5.52. The number of carbonyl (C=O) groups excluding carboxylic acids is 1. The van der Waals surface area contributed by atoms with Crippen LogP contribution in [0.15, 0.2) is 30.3 Å². The van der Waals surface area contributed by atoms with Crippen molar-refractivity contribution in [2.45, 2.75) is 53.1 Å². The summed E-state index contributed by atoms with van der Waals surface area (Å²) in [6.45, 7) is 10.4. The van der Waals surface area contributed by atoms with Crippen LogP contribution in [-0.2, 0) is 16.8 Å². The quantitative estimate of drug-likeness (QED) is 0.769. The van der Waals surface area contributed by atoms with Crippen LogP contribution in [0, 0.1) is 25.1 Å². The van der Waals surface area contributed by atoms with Gasteiger partial charge in [-0.25, -0.2) is 4.39 Å². The summed E-state index contributed by atoms with van der Waals surface area (Å²) in [7, 11) is 6.29. The molecule has 29 heavy (non-hydrogen) atoms. The minimum Gasteiger partial charge on any atom is -0.376 e. The Bertz CT molecular complexity index is 927. The van der Waals surface area contributed by atoms with E-state index in [2.05, 4.69) is 5.32 Å². The predicted octanol–water partition coefficient (Wildman–Crippen LogP) is 4.15. The summed E-state index contributed by atoms with van der Waals surface area (Å²) in [6, 6.07) is 8.09. The Morgan fingerprint density at radius 1 is 1.24 bits per heavy atom. The standard InChI is InChI=1S/C23H28BFN2O2/c1-14-10-18(11-15(2)21(14)26-20(28)13-22(3,4)5)27-9-8-16-12-17(25)6-7-19(16)23(27,24)29/h6-7,10-12,29H,8-9,13H2,1-5H3,(H,26,28). The summed E-state index contributed by atoms with van der Waals surface area (Å²) in [5.41, 5.74) is 2.70. The second kappa shape index (κ2) is 7.49. The second-order valence-electron chi connectivity index (χ2n) is 9.17. The van der Waals surface area contributed by atoms with Gasteiger partial charge in [0.1, 0.15) is 11.4 Å². The van der Waals surface area contributed by atoms with Crippen LogP contribution in [-0.4, -0.2) is 25.4 Å². The molecule has 0 aromatic heterocycles. The van der Waals surface area contributed by atoms with Crippen LogP contribution in [0.1, 0.15) is 49.4 Å². The third kappa shape index (κ3) is 4.48. The highest BCUT2D eigenvalue weighted by atomic mass is 19.1. The first-order valence-corrected chi connectivity index (χ1v) is 9.87. The molecule has 1 aliphatic heterocycles. The third-order valence-electron chi connectivity index (χ3n) is 5.26. The molecular weight excluding hydrogens is 366 g/mol. The molecule has 2 N–H and O–H groups in total. The molecule has 2 aromatic rings. The van der Waals surface area contributed by atoms with Crippen molar-refractivity contribution in [3.05, 3.63) is 58.4 Å². The number of nitrogens with zero attached hydrogens (tertiary/aromatic N) is 1. The average molecular weight is 394 g/mol. The van der Waals surface area contributed by atoms with Crippen molar-refractivity contribution < 1.29 is 14.3 Å². The number of benzene rings is 2. The van der Waals surface area contributed by atoms with E-state index in [-0.39, 0.29) is 17.1 Å². The maximum Gasteiger partial charge on any atom is 0.224 e. The van der Waals surface area contributed by atoms with Crippen LogP contribution in [0.2, 0.25) is 0 Å². The van der Waals surface area contributed by atoms with Crippen LogP contribution < -0.4 is 10.2 Å².